The standard InChI is InChI=1S/C20H36N4O2/c1-20(15-25-4)7-5-16(6-8-20)19-17(13-23(3)10-9-21-2)22-24-11-12-26-14-18(19)24/h16,21H,5-15H2,1-4H3. The van der Waals surface area contributed by atoms with Gasteiger partial charge in [0, 0.05) is 32.3 Å². The average Bonchev–Trinajstić information content (AvgIpc) is 2.98. The van der Waals surface area contributed by atoms with Gasteiger partial charge in [0.2, 0.25) is 0 Å². The fraction of sp³-hybridized carbons (Fsp3) is 0.850. The van der Waals surface area contributed by atoms with Crippen LogP contribution in [0.1, 0.15) is 55.5 Å². The topological polar surface area (TPSA) is 51.6 Å². The molecule has 0 bridgehead atoms. The van der Waals surface area contributed by atoms with E-state index in [1.54, 1.807) is 0 Å². The third-order valence-electron chi connectivity index (χ3n) is 6.12. The SMILES string of the molecule is CNCCN(C)Cc1nn2c(c1C1CCC(C)(COC)CC1)COCC2. The lowest BCUT2D eigenvalue weighted by atomic mass is 9.70. The summed E-state index contributed by atoms with van der Waals surface area (Å²) in [5, 5.41) is 8.23. The molecule has 0 saturated heterocycles. The first-order chi connectivity index (χ1) is 12.6. The molecule has 1 aliphatic heterocycles. The van der Waals surface area contributed by atoms with E-state index in [0.717, 1.165) is 39.4 Å². The van der Waals surface area contributed by atoms with Gasteiger partial charge in [-0.2, -0.15) is 5.10 Å². The zero-order valence-corrected chi connectivity index (χ0v) is 17.0. The minimum absolute atomic E-state index is 0.332. The predicted octanol–water partition coefficient (Wildman–Crippen LogP) is 2.37. The van der Waals surface area contributed by atoms with Gasteiger partial charge in [-0.15, -0.1) is 0 Å². The monoisotopic (exact) mass is 364 g/mol. The summed E-state index contributed by atoms with van der Waals surface area (Å²) in [6.07, 6.45) is 4.91. The van der Waals surface area contributed by atoms with Crippen LogP contribution in [0.2, 0.25) is 0 Å². The van der Waals surface area contributed by atoms with Crippen molar-refractivity contribution in [2.45, 2.75) is 58.2 Å². The number of fused-ring (bicyclic) bond motifs is 1. The van der Waals surface area contributed by atoms with Gasteiger partial charge in [-0.25, -0.2) is 0 Å². The number of hydrogen-bond donors (Lipinski definition) is 1. The van der Waals surface area contributed by atoms with Crippen molar-refractivity contribution >= 4 is 0 Å². The number of nitrogens with zero attached hydrogens (tertiary/aromatic N) is 3. The maximum Gasteiger partial charge on any atom is 0.0888 e. The van der Waals surface area contributed by atoms with Crippen molar-refractivity contribution in [3.8, 4) is 0 Å². The number of ether oxygens (including phenoxy) is 2. The first kappa shape index (κ1) is 19.8. The van der Waals surface area contributed by atoms with Crippen LogP contribution < -0.4 is 5.32 Å². The Kier molecular flexibility index (Phi) is 6.72. The maximum atomic E-state index is 5.79. The molecule has 0 radical (unpaired) electrons. The normalized spacial score (nSPS) is 26.3. The van der Waals surface area contributed by atoms with Gasteiger partial charge < -0.3 is 14.8 Å². The number of hydrogen-bond acceptors (Lipinski definition) is 5. The highest BCUT2D eigenvalue weighted by Crippen LogP contribution is 2.45. The highest BCUT2D eigenvalue weighted by molar-refractivity contribution is 5.31. The molecule has 0 amide bonds. The molecule has 1 aliphatic carbocycles. The third kappa shape index (κ3) is 4.47. The van der Waals surface area contributed by atoms with Gasteiger partial charge in [0.05, 0.1) is 37.8 Å². The molecule has 6 heteroatoms. The molecule has 6 nitrogen and oxygen atoms in total. The summed E-state index contributed by atoms with van der Waals surface area (Å²) >= 11 is 0. The van der Waals surface area contributed by atoms with Crippen molar-refractivity contribution in [1.82, 2.24) is 20.0 Å². The van der Waals surface area contributed by atoms with Gasteiger partial charge >= 0.3 is 0 Å². The van der Waals surface area contributed by atoms with Crippen molar-refractivity contribution in [3.63, 3.8) is 0 Å². The summed E-state index contributed by atoms with van der Waals surface area (Å²) in [7, 11) is 6.01. The molecule has 0 spiro atoms. The van der Waals surface area contributed by atoms with Gasteiger partial charge in [-0.05, 0) is 51.1 Å². The smallest absolute Gasteiger partial charge is 0.0888 e. The lowest BCUT2D eigenvalue weighted by Crippen LogP contribution is -2.30. The second-order valence-electron chi connectivity index (χ2n) is 8.44. The van der Waals surface area contributed by atoms with E-state index in [1.165, 1.54) is 42.6 Å². The van der Waals surface area contributed by atoms with Crippen LogP contribution in [0.25, 0.3) is 0 Å². The molecule has 148 valence electrons. The Hall–Kier alpha value is -0.950. The highest BCUT2D eigenvalue weighted by Gasteiger charge is 2.35. The molecule has 1 saturated carbocycles. The Labute approximate surface area is 158 Å². The molecule has 1 aromatic heterocycles. The van der Waals surface area contributed by atoms with Crippen LogP contribution in [-0.4, -0.2) is 62.2 Å². The van der Waals surface area contributed by atoms with Crippen LogP contribution in [0.5, 0.6) is 0 Å². The number of likely N-dealkylation sites (N-methyl/N-ethyl adjacent to an activating group) is 2. The van der Waals surface area contributed by atoms with E-state index in [1.807, 2.05) is 14.2 Å². The Morgan fingerprint density at radius 2 is 2.15 bits per heavy atom. The van der Waals surface area contributed by atoms with E-state index < -0.39 is 0 Å². The molecule has 3 rings (SSSR count). The number of methoxy groups -OCH3 is 1. The largest absolute Gasteiger partial charge is 0.384 e. The van der Waals surface area contributed by atoms with Gasteiger partial charge in [0.1, 0.15) is 0 Å². The van der Waals surface area contributed by atoms with Gasteiger partial charge in [-0.1, -0.05) is 6.92 Å². The van der Waals surface area contributed by atoms with E-state index >= 15 is 0 Å². The highest BCUT2D eigenvalue weighted by atomic mass is 16.5. The van der Waals surface area contributed by atoms with Crippen molar-refractivity contribution < 1.29 is 9.47 Å². The first-order valence-corrected chi connectivity index (χ1v) is 10.0. The maximum absolute atomic E-state index is 5.79. The minimum atomic E-state index is 0.332. The number of aromatic nitrogens is 2. The lowest BCUT2D eigenvalue weighted by molar-refractivity contribution is 0.0566. The molecule has 1 aromatic rings. The zero-order valence-electron chi connectivity index (χ0n) is 17.0. The van der Waals surface area contributed by atoms with Crippen molar-refractivity contribution in [2.75, 3.05) is 47.5 Å². The van der Waals surface area contributed by atoms with Crippen molar-refractivity contribution in [1.29, 1.82) is 0 Å². The Morgan fingerprint density at radius 3 is 2.85 bits per heavy atom. The first-order valence-electron chi connectivity index (χ1n) is 10.0. The van der Waals surface area contributed by atoms with Crippen molar-refractivity contribution in [2.24, 2.45) is 5.41 Å². The fourth-order valence-electron chi connectivity index (χ4n) is 4.54. The number of rotatable bonds is 8. The molecule has 0 unspecified atom stereocenters. The summed E-state index contributed by atoms with van der Waals surface area (Å²) in [5.41, 5.74) is 4.41. The summed E-state index contributed by atoms with van der Waals surface area (Å²) in [4.78, 5) is 2.37. The lowest BCUT2D eigenvalue weighted by Gasteiger charge is -2.37. The van der Waals surface area contributed by atoms with Crippen LogP contribution in [0.15, 0.2) is 0 Å². The van der Waals surface area contributed by atoms with Crippen LogP contribution in [0.4, 0.5) is 0 Å². The summed E-state index contributed by atoms with van der Waals surface area (Å²) < 4.78 is 13.5. The summed E-state index contributed by atoms with van der Waals surface area (Å²) in [6, 6.07) is 0. The molecule has 26 heavy (non-hydrogen) atoms. The molecule has 1 fully saturated rings. The Balaban J connectivity index is 1.78. The molecular formula is C20H36N4O2. The van der Waals surface area contributed by atoms with E-state index in [2.05, 4.69) is 28.9 Å². The van der Waals surface area contributed by atoms with Gasteiger partial charge in [0.25, 0.3) is 0 Å². The van der Waals surface area contributed by atoms with E-state index in [-0.39, 0.29) is 0 Å². The zero-order chi connectivity index (χ0) is 18.6. The van der Waals surface area contributed by atoms with Crippen LogP contribution in [0.3, 0.4) is 0 Å². The minimum Gasteiger partial charge on any atom is -0.384 e. The molecule has 2 heterocycles. The Bertz CT molecular complexity index is 579. The van der Waals surface area contributed by atoms with E-state index in [9.17, 15) is 0 Å². The Morgan fingerprint density at radius 1 is 1.38 bits per heavy atom. The van der Waals surface area contributed by atoms with Gasteiger partial charge in [-0.3, -0.25) is 9.58 Å². The molecule has 2 aliphatic rings. The number of nitrogens with one attached hydrogen (secondary N) is 1. The molecule has 1 N–H and O–H groups in total. The van der Waals surface area contributed by atoms with Crippen LogP contribution in [-0.2, 0) is 29.2 Å². The summed E-state index contributed by atoms with van der Waals surface area (Å²) in [5.74, 6) is 0.609. The molecular weight excluding hydrogens is 328 g/mol. The molecule has 0 aromatic carbocycles. The van der Waals surface area contributed by atoms with Crippen LogP contribution >= 0.6 is 0 Å². The fourth-order valence-corrected chi connectivity index (χ4v) is 4.54. The van der Waals surface area contributed by atoms with Crippen LogP contribution in [0, 0.1) is 5.41 Å². The summed E-state index contributed by atoms with van der Waals surface area (Å²) in [6.45, 7) is 8.57. The average molecular weight is 365 g/mol. The van der Waals surface area contributed by atoms with E-state index in [4.69, 9.17) is 14.6 Å². The molecule has 0 atom stereocenters. The van der Waals surface area contributed by atoms with E-state index in [0.29, 0.717) is 17.9 Å². The van der Waals surface area contributed by atoms with Crippen molar-refractivity contribution in [3.05, 3.63) is 17.0 Å². The second-order valence-corrected chi connectivity index (χ2v) is 8.44. The third-order valence-corrected chi connectivity index (χ3v) is 6.12. The predicted molar refractivity (Wildman–Crippen MR) is 103 cm³/mol. The quantitative estimate of drug-likeness (QED) is 0.767. The van der Waals surface area contributed by atoms with Gasteiger partial charge in [0.15, 0.2) is 0 Å². The second kappa shape index (κ2) is 8.83.